The molecule has 0 aliphatic rings. The van der Waals surface area contributed by atoms with Crippen LogP contribution in [0.2, 0.25) is 10.0 Å². The van der Waals surface area contributed by atoms with Gasteiger partial charge in [-0.15, -0.1) is 0 Å². The van der Waals surface area contributed by atoms with Gasteiger partial charge in [0.25, 0.3) is 5.56 Å². The molecule has 0 atom stereocenters. The van der Waals surface area contributed by atoms with Crippen LogP contribution in [0.5, 0.6) is 0 Å². The Morgan fingerprint density at radius 1 is 1.33 bits per heavy atom. The van der Waals surface area contributed by atoms with E-state index in [1.54, 1.807) is 13.1 Å². The molecule has 1 aromatic heterocycles. The van der Waals surface area contributed by atoms with Crippen molar-refractivity contribution in [3.8, 4) is 5.69 Å². The normalized spacial score (nSPS) is 10.7. The van der Waals surface area contributed by atoms with E-state index in [-0.39, 0.29) is 5.56 Å². The van der Waals surface area contributed by atoms with Crippen LogP contribution >= 0.6 is 39.1 Å². The summed E-state index contributed by atoms with van der Waals surface area (Å²) in [6.45, 7) is 1.78. The first-order valence-corrected chi connectivity index (χ1v) is 6.46. The number of nitrogens with two attached hydrogens (primary N) is 1. The quantitative estimate of drug-likeness (QED) is 0.805. The van der Waals surface area contributed by atoms with Crippen molar-refractivity contribution in [3.05, 3.63) is 48.8 Å². The highest BCUT2D eigenvalue weighted by Crippen LogP contribution is 2.28. The Balaban J connectivity index is 2.74. The maximum absolute atomic E-state index is 12.1. The number of nitrogen functional groups attached to an aromatic ring is 1. The summed E-state index contributed by atoms with van der Waals surface area (Å²) < 4.78 is 1.61. The number of benzene rings is 1. The Labute approximate surface area is 121 Å². The van der Waals surface area contributed by atoms with E-state index in [0.717, 1.165) is 5.56 Å². The number of aryl methyl sites for hydroxylation is 1. The third kappa shape index (κ3) is 2.25. The second-order valence-corrected chi connectivity index (χ2v) is 5.29. The molecule has 0 fully saturated rings. The van der Waals surface area contributed by atoms with E-state index in [0.29, 0.717) is 25.9 Å². The number of rotatable bonds is 1. The molecule has 7 heteroatoms. The van der Waals surface area contributed by atoms with Gasteiger partial charge in [0.15, 0.2) is 0 Å². The minimum Gasteiger partial charge on any atom is -0.397 e. The van der Waals surface area contributed by atoms with E-state index in [9.17, 15) is 4.79 Å². The number of hydrogen-bond acceptors (Lipinski definition) is 3. The summed E-state index contributed by atoms with van der Waals surface area (Å²) in [5.74, 6) is 0. The molecule has 0 unspecified atom stereocenters. The Hall–Kier alpha value is -1.04. The Morgan fingerprint density at radius 2 is 2.00 bits per heavy atom. The minimum atomic E-state index is -0.307. The fraction of sp³-hybridized carbons (Fsp3) is 0.0909. The van der Waals surface area contributed by atoms with Crippen molar-refractivity contribution < 1.29 is 0 Å². The molecule has 2 rings (SSSR count). The van der Waals surface area contributed by atoms with Gasteiger partial charge in [-0.05, 0) is 40.5 Å². The van der Waals surface area contributed by atoms with Gasteiger partial charge >= 0.3 is 0 Å². The SMILES string of the molecule is Cc1cnn(-c2cc(N)c(Cl)cc2Cl)c(=O)c1Br. The van der Waals surface area contributed by atoms with Gasteiger partial charge in [-0.2, -0.15) is 9.78 Å². The van der Waals surface area contributed by atoms with E-state index >= 15 is 0 Å². The lowest BCUT2D eigenvalue weighted by Gasteiger charge is -2.09. The third-order valence-electron chi connectivity index (χ3n) is 2.39. The molecule has 4 nitrogen and oxygen atoms in total. The van der Waals surface area contributed by atoms with E-state index in [1.165, 1.54) is 16.8 Å². The molecule has 2 aromatic rings. The highest BCUT2D eigenvalue weighted by Gasteiger charge is 2.12. The Kier molecular flexibility index (Phi) is 3.66. The number of nitrogens with zero attached hydrogens (tertiary/aromatic N) is 2. The molecule has 18 heavy (non-hydrogen) atoms. The molecule has 2 N–H and O–H groups in total. The highest BCUT2D eigenvalue weighted by atomic mass is 79.9. The Morgan fingerprint density at radius 3 is 2.67 bits per heavy atom. The third-order valence-corrected chi connectivity index (χ3v) is 3.98. The van der Waals surface area contributed by atoms with Gasteiger partial charge in [0.2, 0.25) is 0 Å². The molecule has 0 amide bonds. The van der Waals surface area contributed by atoms with Gasteiger partial charge in [-0.3, -0.25) is 4.79 Å². The van der Waals surface area contributed by atoms with Gasteiger partial charge in [0.05, 0.1) is 32.1 Å². The highest BCUT2D eigenvalue weighted by molar-refractivity contribution is 9.10. The molecule has 0 spiro atoms. The molecule has 0 aliphatic heterocycles. The molecule has 1 heterocycles. The topological polar surface area (TPSA) is 60.9 Å². The summed E-state index contributed by atoms with van der Waals surface area (Å²) in [5, 5.41) is 4.67. The lowest BCUT2D eigenvalue weighted by Crippen LogP contribution is -2.22. The molecule has 0 saturated heterocycles. The number of aromatic nitrogens is 2. The van der Waals surface area contributed by atoms with Crippen LogP contribution in [0.4, 0.5) is 5.69 Å². The predicted octanol–water partition coefficient (Wildman–Crippen LogP) is 3.19. The van der Waals surface area contributed by atoms with E-state index < -0.39 is 0 Å². The summed E-state index contributed by atoms with van der Waals surface area (Å²) in [7, 11) is 0. The van der Waals surface area contributed by atoms with Crippen LogP contribution in [0.25, 0.3) is 5.69 Å². The van der Waals surface area contributed by atoms with Gasteiger partial charge in [0, 0.05) is 0 Å². The molecule has 0 radical (unpaired) electrons. The first-order chi connectivity index (χ1) is 8.41. The van der Waals surface area contributed by atoms with Crippen molar-refractivity contribution in [1.82, 2.24) is 9.78 Å². The summed E-state index contributed by atoms with van der Waals surface area (Å²) in [5.41, 5.74) is 6.86. The molecule has 1 aromatic carbocycles. The maximum Gasteiger partial charge on any atom is 0.286 e. The average molecular weight is 349 g/mol. The minimum absolute atomic E-state index is 0.305. The molecule has 0 saturated carbocycles. The number of hydrogen-bond donors (Lipinski definition) is 1. The lowest BCUT2D eigenvalue weighted by molar-refractivity contribution is 0.794. The van der Waals surface area contributed by atoms with Gasteiger partial charge in [0.1, 0.15) is 0 Å². The van der Waals surface area contributed by atoms with Crippen LogP contribution in [0.1, 0.15) is 5.56 Å². The van der Waals surface area contributed by atoms with Gasteiger partial charge in [-0.25, -0.2) is 0 Å². The molecule has 0 aliphatic carbocycles. The standard InChI is InChI=1S/C11H8BrCl2N3O/c1-5-4-16-17(11(18)10(5)12)9-3-8(15)6(13)2-7(9)14/h2-4H,15H2,1H3. The van der Waals surface area contributed by atoms with Crippen molar-refractivity contribution in [2.24, 2.45) is 0 Å². The predicted molar refractivity (Wildman–Crippen MR) is 76.7 cm³/mol. The first-order valence-electron chi connectivity index (χ1n) is 4.91. The zero-order valence-corrected chi connectivity index (χ0v) is 12.3. The van der Waals surface area contributed by atoms with Gasteiger partial charge in [-0.1, -0.05) is 23.2 Å². The molecule has 0 bridgehead atoms. The van der Waals surface area contributed by atoms with Crippen LogP contribution in [-0.4, -0.2) is 9.78 Å². The molecule has 94 valence electrons. The van der Waals surface area contributed by atoms with Crippen molar-refractivity contribution in [1.29, 1.82) is 0 Å². The fourth-order valence-electron chi connectivity index (χ4n) is 1.40. The van der Waals surface area contributed by atoms with Crippen LogP contribution < -0.4 is 11.3 Å². The number of anilines is 1. The summed E-state index contributed by atoms with van der Waals surface area (Å²) in [4.78, 5) is 12.1. The van der Waals surface area contributed by atoms with Crippen LogP contribution in [-0.2, 0) is 0 Å². The van der Waals surface area contributed by atoms with Crippen molar-refractivity contribution in [2.45, 2.75) is 6.92 Å². The summed E-state index contributed by atoms with van der Waals surface area (Å²) in [6.07, 6.45) is 1.56. The molecular formula is C11H8BrCl2N3O. The van der Waals surface area contributed by atoms with Crippen molar-refractivity contribution in [2.75, 3.05) is 5.73 Å². The van der Waals surface area contributed by atoms with Crippen LogP contribution in [0.15, 0.2) is 27.6 Å². The fourth-order valence-corrected chi connectivity index (χ4v) is 2.14. The second-order valence-electron chi connectivity index (χ2n) is 3.68. The monoisotopic (exact) mass is 347 g/mol. The van der Waals surface area contributed by atoms with Crippen LogP contribution in [0.3, 0.4) is 0 Å². The van der Waals surface area contributed by atoms with E-state index in [2.05, 4.69) is 21.0 Å². The van der Waals surface area contributed by atoms with E-state index in [1.807, 2.05) is 0 Å². The number of halogens is 3. The summed E-state index contributed by atoms with van der Waals surface area (Å²) in [6, 6.07) is 3.00. The summed E-state index contributed by atoms with van der Waals surface area (Å²) >= 11 is 15.1. The van der Waals surface area contributed by atoms with Crippen LogP contribution in [0, 0.1) is 6.92 Å². The van der Waals surface area contributed by atoms with E-state index in [4.69, 9.17) is 28.9 Å². The Bertz CT molecular complexity index is 685. The average Bonchev–Trinajstić information content (AvgIpc) is 2.32. The smallest absolute Gasteiger partial charge is 0.286 e. The molecular weight excluding hydrogens is 341 g/mol. The zero-order chi connectivity index (χ0) is 13.4. The maximum atomic E-state index is 12.1. The second kappa shape index (κ2) is 4.91. The van der Waals surface area contributed by atoms with Crippen molar-refractivity contribution >= 4 is 44.8 Å². The van der Waals surface area contributed by atoms with Gasteiger partial charge < -0.3 is 5.73 Å². The van der Waals surface area contributed by atoms with Crippen molar-refractivity contribution in [3.63, 3.8) is 0 Å². The first kappa shape index (κ1) is 13.4. The largest absolute Gasteiger partial charge is 0.397 e. The zero-order valence-electron chi connectivity index (χ0n) is 9.25. The lowest BCUT2D eigenvalue weighted by atomic mass is 10.2.